The van der Waals surface area contributed by atoms with E-state index in [1.165, 1.54) is 99.8 Å². The van der Waals surface area contributed by atoms with Crippen molar-refractivity contribution in [3.05, 3.63) is 522 Å². The Bertz CT molecular complexity index is 8150. The number of nitrogens with zero attached hydrogens (tertiary/aromatic N) is 6. The Morgan fingerprint density at radius 1 is 0.219 bits per heavy atom. The first kappa shape index (κ1) is 87.4. The summed E-state index contributed by atoms with van der Waals surface area (Å²) in [4.78, 5) is 30.2. The van der Waals surface area contributed by atoms with Crippen LogP contribution in [0.5, 0.6) is 0 Å². The molecule has 11 heteroatoms. The molecule has 137 heavy (non-hydrogen) atoms. The van der Waals surface area contributed by atoms with Gasteiger partial charge in [-0.05, 0) is 197 Å². The molecule has 18 aromatic carbocycles. The van der Waals surface area contributed by atoms with E-state index in [0.717, 1.165) is 116 Å². The maximum absolute atomic E-state index is 6.36. The summed E-state index contributed by atoms with van der Waals surface area (Å²) in [5, 5.41) is 6.95. The summed E-state index contributed by atoms with van der Waals surface area (Å²) in [6.07, 6.45) is 0. The standard InChI is InChI=1S/C60H39N3.C44H36BNO2.C22H15BrN2.Y/c1-5-17-40(18-6-1)41-29-31-42(32-30-41)56-39-57(63-59(62-56)45-19-7-2-8-20-45)43-33-35-44(36-34-43)58-52-37-51-48-25-13-15-27-53(48)60(46-21-9-3-10-22-46,47-23-11-4-12-24-47)54(51)38-50(52)49-26-14-16-28-55(49)61-58;1-42(2)43(3,4)48-45(47-42)32-25-23-29(24-26-32)41-37-27-36-33-19-11-13-21-38(33)44(30-15-7-5-8-16-30,31-17-9-6-10-18-31)39(36)28-35(37)34-20-12-14-22-40(34)46-41;23-21-15-20(24-22(25-21)19-9-5-2-6-10-19)18-13-11-17(12-14-18)16-7-3-1-4-8-16;/h1-39H;5-28H,1-4H3;1-15H;. The Kier molecular flexibility index (Phi) is 23.4. The van der Waals surface area contributed by atoms with E-state index >= 15 is 0 Å². The van der Waals surface area contributed by atoms with E-state index < -0.39 is 29.2 Å². The van der Waals surface area contributed by atoms with E-state index in [-0.39, 0.29) is 32.7 Å². The fraction of sp³-hybridized carbons (Fsp3) is 0.0635. The van der Waals surface area contributed by atoms with Crippen LogP contribution in [0.3, 0.4) is 0 Å². The second-order valence-electron chi connectivity index (χ2n) is 36.2. The van der Waals surface area contributed by atoms with E-state index in [2.05, 4.69) is 455 Å². The van der Waals surface area contributed by atoms with Crippen LogP contribution in [0.15, 0.2) is 478 Å². The van der Waals surface area contributed by atoms with E-state index in [1.807, 2.05) is 66.7 Å². The third-order valence-corrected chi connectivity index (χ3v) is 28.2. The van der Waals surface area contributed by atoms with Gasteiger partial charge >= 0.3 is 7.12 Å². The van der Waals surface area contributed by atoms with Crippen LogP contribution in [0.2, 0.25) is 0 Å². The van der Waals surface area contributed by atoms with Crippen molar-refractivity contribution >= 4 is 71.9 Å². The van der Waals surface area contributed by atoms with Gasteiger partial charge in [-0.2, -0.15) is 0 Å². The molecule has 22 aromatic rings. The van der Waals surface area contributed by atoms with Gasteiger partial charge in [-0.3, -0.25) is 0 Å². The number of aromatic nitrogens is 6. The fourth-order valence-electron chi connectivity index (χ4n) is 20.5. The molecular formula is C126H90BBrN6O2Y. The van der Waals surface area contributed by atoms with Crippen molar-refractivity contribution in [2.45, 2.75) is 49.7 Å². The van der Waals surface area contributed by atoms with Gasteiger partial charge in [0.25, 0.3) is 0 Å². The molecule has 0 bridgehead atoms. The van der Waals surface area contributed by atoms with Crippen molar-refractivity contribution in [3.8, 4) is 124 Å². The maximum Gasteiger partial charge on any atom is 0.494 e. The monoisotopic (exact) mass is 1900 g/mol. The predicted octanol–water partition coefficient (Wildman–Crippen LogP) is 30.8. The maximum atomic E-state index is 6.36. The first-order valence-corrected chi connectivity index (χ1v) is 47.2. The molecule has 4 aromatic heterocycles. The summed E-state index contributed by atoms with van der Waals surface area (Å²) < 4.78 is 13.5. The third kappa shape index (κ3) is 15.9. The van der Waals surface area contributed by atoms with E-state index in [4.69, 9.17) is 34.2 Å². The first-order chi connectivity index (χ1) is 66.8. The van der Waals surface area contributed by atoms with Gasteiger partial charge in [-0.15, -0.1) is 0 Å². The number of hydrogen-bond donors (Lipinski definition) is 0. The van der Waals surface area contributed by atoms with Crippen LogP contribution in [0.4, 0.5) is 0 Å². The Hall–Kier alpha value is -15.0. The fourth-order valence-corrected chi connectivity index (χ4v) is 20.8. The predicted molar refractivity (Wildman–Crippen MR) is 563 cm³/mol. The minimum absolute atomic E-state index is 0. The van der Waals surface area contributed by atoms with E-state index in [9.17, 15) is 0 Å². The smallest absolute Gasteiger partial charge is 0.399 e. The summed E-state index contributed by atoms with van der Waals surface area (Å²) in [6.45, 7) is 8.36. The minimum atomic E-state index is -0.492. The topological polar surface area (TPSA) is 95.8 Å². The zero-order chi connectivity index (χ0) is 91.5. The second kappa shape index (κ2) is 36.7. The largest absolute Gasteiger partial charge is 0.494 e. The molecule has 0 N–H and O–H groups in total. The molecule has 0 unspecified atom stereocenters. The number of pyridine rings is 2. The SMILES string of the molecule is Brc1cc(-c2ccc(-c3ccccc3)cc2)nc(-c2ccccc2)n1.CC1(C)OB(c2ccc(-c3nc4ccccc4c4cc5c(cc34)-c3ccccc3C5(c3ccccc3)c3ccccc3)cc2)OC1(C)C.[Y].c1ccc(-c2ccc(-c3cc(-c4ccc(-c5nc6ccccc6c6cc7c(cc56)-c5ccccc5C7(c5ccccc5)c5ccccc5)cc4)nc(-c4ccccc4)n3)cc2)cc1. The summed E-state index contributed by atoms with van der Waals surface area (Å²) in [6, 6.07) is 168. The molecule has 1 fully saturated rings. The van der Waals surface area contributed by atoms with Gasteiger partial charge < -0.3 is 9.31 Å². The molecule has 649 valence electrons. The zero-order valence-electron chi connectivity index (χ0n) is 76.1. The number of hydrogen-bond acceptors (Lipinski definition) is 8. The van der Waals surface area contributed by atoms with Crippen molar-refractivity contribution in [2.24, 2.45) is 0 Å². The second-order valence-corrected chi connectivity index (χ2v) is 37.0. The minimum Gasteiger partial charge on any atom is -0.399 e. The van der Waals surface area contributed by atoms with Crippen LogP contribution < -0.4 is 5.46 Å². The zero-order valence-corrected chi connectivity index (χ0v) is 80.5. The van der Waals surface area contributed by atoms with Gasteiger partial charge in [0.05, 0.1) is 61.5 Å². The Morgan fingerprint density at radius 3 is 0.876 bits per heavy atom. The van der Waals surface area contributed by atoms with Crippen LogP contribution in [0, 0.1) is 0 Å². The van der Waals surface area contributed by atoms with Crippen LogP contribution in [-0.4, -0.2) is 48.2 Å². The van der Waals surface area contributed by atoms with E-state index in [1.54, 1.807) is 0 Å². The van der Waals surface area contributed by atoms with Gasteiger partial charge in [0.1, 0.15) is 4.60 Å². The first-order valence-electron chi connectivity index (χ1n) is 46.4. The van der Waals surface area contributed by atoms with Gasteiger partial charge in [0.2, 0.25) is 0 Å². The van der Waals surface area contributed by atoms with Crippen LogP contribution in [-0.2, 0) is 52.8 Å². The molecule has 3 aliphatic rings. The van der Waals surface area contributed by atoms with Gasteiger partial charge in [0.15, 0.2) is 11.6 Å². The normalized spacial score (nSPS) is 13.7. The molecule has 2 aliphatic carbocycles. The number of benzene rings is 18. The summed E-state index contributed by atoms with van der Waals surface area (Å²) in [7, 11) is -0.408. The molecular weight excluding hydrogens is 1810 g/mol. The molecule has 1 radical (unpaired) electrons. The third-order valence-electron chi connectivity index (χ3n) is 27.8. The molecule has 0 saturated carbocycles. The summed E-state index contributed by atoms with van der Waals surface area (Å²) in [5.74, 6) is 1.41. The molecule has 0 amide bonds. The molecule has 25 rings (SSSR count). The van der Waals surface area contributed by atoms with Crippen molar-refractivity contribution < 1.29 is 42.0 Å². The van der Waals surface area contributed by atoms with Gasteiger partial charge in [-0.25, -0.2) is 29.9 Å². The van der Waals surface area contributed by atoms with Gasteiger partial charge in [0, 0.05) is 93.2 Å². The number of para-hydroxylation sites is 2. The van der Waals surface area contributed by atoms with Crippen LogP contribution in [0.25, 0.3) is 167 Å². The Balaban J connectivity index is 0.000000129. The van der Waals surface area contributed by atoms with Crippen molar-refractivity contribution in [1.29, 1.82) is 0 Å². The molecule has 1 aliphatic heterocycles. The van der Waals surface area contributed by atoms with Crippen LogP contribution in [0.1, 0.15) is 72.2 Å². The molecule has 5 heterocycles. The molecule has 0 spiro atoms. The number of halogens is 1. The molecule has 0 atom stereocenters. The van der Waals surface area contributed by atoms with Crippen LogP contribution >= 0.6 is 15.9 Å². The molecule has 1 saturated heterocycles. The number of rotatable bonds is 14. The summed E-state index contributed by atoms with van der Waals surface area (Å²) in [5.41, 5.74) is 33.0. The van der Waals surface area contributed by atoms with Crippen molar-refractivity contribution in [3.63, 3.8) is 0 Å². The van der Waals surface area contributed by atoms with E-state index in [0.29, 0.717) is 5.82 Å². The average Bonchev–Trinajstić information content (AvgIpc) is 1.63. The quantitative estimate of drug-likeness (QED) is 0.0604. The van der Waals surface area contributed by atoms with Crippen molar-refractivity contribution in [2.75, 3.05) is 0 Å². The number of fused-ring (bicyclic) bond motifs is 12. The Labute approximate surface area is 832 Å². The Morgan fingerprint density at radius 2 is 0.504 bits per heavy atom. The van der Waals surface area contributed by atoms with Crippen molar-refractivity contribution in [1.82, 2.24) is 29.9 Å². The molecule has 8 nitrogen and oxygen atoms in total. The summed E-state index contributed by atoms with van der Waals surface area (Å²) >= 11 is 3.51. The van der Waals surface area contributed by atoms with Gasteiger partial charge in [-0.1, -0.05) is 425 Å². The average molecular weight is 1900 g/mol.